The molecule has 1 aliphatic carbocycles. The van der Waals surface area contributed by atoms with Gasteiger partial charge in [0.25, 0.3) is 0 Å². The molecule has 1 aliphatic rings. The number of hydrogen-bond donors (Lipinski definition) is 1. The fourth-order valence-corrected chi connectivity index (χ4v) is 3.17. The third-order valence-corrected chi connectivity index (χ3v) is 4.92. The molecule has 2 unspecified atom stereocenters. The van der Waals surface area contributed by atoms with Crippen molar-refractivity contribution in [2.45, 2.75) is 84.7 Å². The van der Waals surface area contributed by atoms with E-state index >= 15 is 0 Å². The van der Waals surface area contributed by atoms with E-state index in [4.69, 9.17) is 5.73 Å². The minimum absolute atomic E-state index is 0.133. The van der Waals surface area contributed by atoms with Crippen LogP contribution in [0.4, 0.5) is 0 Å². The van der Waals surface area contributed by atoms with Crippen molar-refractivity contribution in [3.63, 3.8) is 0 Å². The van der Waals surface area contributed by atoms with Gasteiger partial charge in [0.15, 0.2) is 0 Å². The molecule has 118 valence electrons. The van der Waals surface area contributed by atoms with Gasteiger partial charge in [-0.15, -0.1) is 0 Å². The van der Waals surface area contributed by atoms with E-state index in [1.165, 1.54) is 12.8 Å². The maximum absolute atomic E-state index is 12.5. The Morgan fingerprint density at radius 1 is 1.25 bits per heavy atom. The Kier molecular flexibility index (Phi) is 6.50. The Balaban J connectivity index is 2.38. The highest BCUT2D eigenvalue weighted by atomic mass is 16.2. The standard InChI is InChI=1S/C17H34N2O/c1-13(7-6-8-14(2)18)16(20)19(5)15-9-11-17(3,4)12-10-15/h13-15H,6-12,18H2,1-5H3. The SMILES string of the molecule is CC(N)CCCC(C)C(=O)N(C)C1CCC(C)(C)CC1. The zero-order valence-corrected chi connectivity index (χ0v) is 14.1. The second kappa shape index (κ2) is 7.44. The molecule has 3 heteroatoms. The van der Waals surface area contributed by atoms with Gasteiger partial charge in [0, 0.05) is 25.0 Å². The molecule has 20 heavy (non-hydrogen) atoms. The molecule has 0 aromatic rings. The Hall–Kier alpha value is -0.570. The molecule has 0 aliphatic heterocycles. The van der Waals surface area contributed by atoms with Gasteiger partial charge < -0.3 is 10.6 Å². The number of carbonyl (C=O) groups is 1. The second-order valence-corrected chi connectivity index (χ2v) is 7.65. The first-order valence-electron chi connectivity index (χ1n) is 8.25. The Labute approximate surface area is 125 Å². The molecule has 2 atom stereocenters. The number of amides is 1. The summed E-state index contributed by atoms with van der Waals surface area (Å²) in [5.41, 5.74) is 6.22. The van der Waals surface area contributed by atoms with Crippen molar-refractivity contribution in [3.05, 3.63) is 0 Å². The van der Waals surface area contributed by atoms with E-state index in [1.54, 1.807) is 0 Å². The summed E-state index contributed by atoms with van der Waals surface area (Å²) in [5.74, 6) is 0.452. The molecule has 0 bridgehead atoms. The summed E-state index contributed by atoms with van der Waals surface area (Å²) >= 11 is 0. The lowest BCUT2D eigenvalue weighted by Crippen LogP contribution is -2.43. The number of rotatable bonds is 6. The number of carbonyl (C=O) groups excluding carboxylic acids is 1. The lowest BCUT2D eigenvalue weighted by Gasteiger charge is -2.39. The quantitative estimate of drug-likeness (QED) is 0.809. The molecule has 3 nitrogen and oxygen atoms in total. The maximum atomic E-state index is 12.5. The fourth-order valence-electron chi connectivity index (χ4n) is 3.17. The molecule has 1 amide bonds. The van der Waals surface area contributed by atoms with E-state index in [0.29, 0.717) is 17.4 Å². The molecule has 2 N–H and O–H groups in total. The maximum Gasteiger partial charge on any atom is 0.225 e. The van der Waals surface area contributed by atoms with Gasteiger partial charge in [-0.25, -0.2) is 0 Å². The molecule has 0 radical (unpaired) electrons. The summed E-state index contributed by atoms with van der Waals surface area (Å²) in [6.07, 6.45) is 7.80. The van der Waals surface area contributed by atoms with E-state index in [2.05, 4.69) is 20.8 Å². The van der Waals surface area contributed by atoms with Crippen LogP contribution in [0.2, 0.25) is 0 Å². The first-order valence-corrected chi connectivity index (χ1v) is 8.25. The smallest absolute Gasteiger partial charge is 0.225 e. The van der Waals surface area contributed by atoms with Crippen molar-refractivity contribution in [1.82, 2.24) is 4.90 Å². The topological polar surface area (TPSA) is 46.3 Å². The van der Waals surface area contributed by atoms with Gasteiger partial charge in [0.1, 0.15) is 0 Å². The summed E-state index contributed by atoms with van der Waals surface area (Å²) in [6, 6.07) is 0.696. The van der Waals surface area contributed by atoms with E-state index in [1.807, 2.05) is 18.9 Å². The van der Waals surface area contributed by atoms with Crippen molar-refractivity contribution in [3.8, 4) is 0 Å². The number of hydrogen-bond acceptors (Lipinski definition) is 2. The van der Waals surface area contributed by atoms with Crippen molar-refractivity contribution >= 4 is 5.91 Å². The second-order valence-electron chi connectivity index (χ2n) is 7.65. The molecule has 0 spiro atoms. The Morgan fingerprint density at radius 2 is 1.80 bits per heavy atom. The summed E-state index contributed by atoms with van der Waals surface area (Å²) in [5, 5.41) is 0. The minimum Gasteiger partial charge on any atom is -0.343 e. The molecular formula is C17H34N2O. The predicted molar refractivity (Wildman–Crippen MR) is 85.5 cm³/mol. The summed E-state index contributed by atoms with van der Waals surface area (Å²) in [4.78, 5) is 14.5. The van der Waals surface area contributed by atoms with Crippen LogP contribution in [0.1, 0.15) is 72.6 Å². The average Bonchev–Trinajstić information content (AvgIpc) is 2.36. The molecule has 1 saturated carbocycles. The third kappa shape index (κ3) is 5.43. The molecule has 0 aromatic carbocycles. The molecule has 0 heterocycles. The predicted octanol–water partition coefficient (Wildman–Crippen LogP) is 3.57. The van der Waals surface area contributed by atoms with Crippen LogP contribution in [0.15, 0.2) is 0 Å². The molecule has 0 aromatic heterocycles. The lowest BCUT2D eigenvalue weighted by atomic mass is 9.75. The van der Waals surface area contributed by atoms with E-state index in [9.17, 15) is 4.79 Å². The normalized spacial score (nSPS) is 22.3. The first kappa shape index (κ1) is 17.5. The zero-order chi connectivity index (χ0) is 15.3. The molecule has 1 rings (SSSR count). The monoisotopic (exact) mass is 282 g/mol. The number of nitrogens with two attached hydrogens (primary N) is 1. The molecule has 1 fully saturated rings. The Bertz CT molecular complexity index is 302. The van der Waals surface area contributed by atoms with Gasteiger partial charge in [-0.05, 0) is 50.9 Å². The van der Waals surface area contributed by atoms with Crippen LogP contribution in [0.25, 0.3) is 0 Å². The van der Waals surface area contributed by atoms with Gasteiger partial charge in [0.2, 0.25) is 5.91 Å². The lowest BCUT2D eigenvalue weighted by molar-refractivity contribution is -0.137. The zero-order valence-electron chi connectivity index (χ0n) is 14.1. The van der Waals surface area contributed by atoms with Gasteiger partial charge in [-0.3, -0.25) is 4.79 Å². The average molecular weight is 282 g/mol. The summed E-state index contributed by atoms with van der Waals surface area (Å²) < 4.78 is 0. The largest absolute Gasteiger partial charge is 0.343 e. The van der Waals surface area contributed by atoms with Crippen LogP contribution in [0.5, 0.6) is 0 Å². The highest BCUT2D eigenvalue weighted by Crippen LogP contribution is 2.36. The van der Waals surface area contributed by atoms with Crippen LogP contribution < -0.4 is 5.73 Å². The van der Waals surface area contributed by atoms with E-state index < -0.39 is 0 Å². The highest BCUT2D eigenvalue weighted by molar-refractivity contribution is 5.78. The van der Waals surface area contributed by atoms with Gasteiger partial charge in [0.05, 0.1) is 0 Å². The van der Waals surface area contributed by atoms with Crippen molar-refractivity contribution < 1.29 is 4.79 Å². The van der Waals surface area contributed by atoms with Crippen LogP contribution in [-0.2, 0) is 4.79 Å². The summed E-state index contributed by atoms with van der Waals surface area (Å²) in [6.45, 7) is 8.76. The van der Waals surface area contributed by atoms with Crippen LogP contribution in [0, 0.1) is 11.3 Å². The van der Waals surface area contributed by atoms with Crippen LogP contribution in [-0.4, -0.2) is 29.9 Å². The van der Waals surface area contributed by atoms with Gasteiger partial charge in [-0.1, -0.05) is 27.2 Å². The van der Waals surface area contributed by atoms with Gasteiger partial charge >= 0.3 is 0 Å². The van der Waals surface area contributed by atoms with Gasteiger partial charge in [-0.2, -0.15) is 0 Å². The van der Waals surface area contributed by atoms with Crippen molar-refractivity contribution in [2.24, 2.45) is 17.1 Å². The Morgan fingerprint density at radius 3 is 2.30 bits per heavy atom. The van der Waals surface area contributed by atoms with Crippen LogP contribution in [0.3, 0.4) is 0 Å². The van der Waals surface area contributed by atoms with Crippen molar-refractivity contribution in [1.29, 1.82) is 0 Å². The fraction of sp³-hybridized carbons (Fsp3) is 0.941. The minimum atomic E-state index is 0.133. The summed E-state index contributed by atoms with van der Waals surface area (Å²) in [7, 11) is 1.99. The first-order chi connectivity index (χ1) is 9.23. The van der Waals surface area contributed by atoms with E-state index in [0.717, 1.165) is 32.1 Å². The molecule has 0 saturated heterocycles. The van der Waals surface area contributed by atoms with Crippen molar-refractivity contribution in [2.75, 3.05) is 7.05 Å². The van der Waals surface area contributed by atoms with E-state index in [-0.39, 0.29) is 12.0 Å². The highest BCUT2D eigenvalue weighted by Gasteiger charge is 2.31. The molecular weight excluding hydrogens is 248 g/mol. The third-order valence-electron chi connectivity index (χ3n) is 4.92. The number of nitrogens with zero attached hydrogens (tertiary/aromatic N) is 1. The van der Waals surface area contributed by atoms with Crippen LogP contribution >= 0.6 is 0 Å².